The summed E-state index contributed by atoms with van der Waals surface area (Å²) in [7, 11) is 0. The molecule has 1 aliphatic rings. The van der Waals surface area contributed by atoms with E-state index in [1.54, 1.807) is 29.1 Å². The molecule has 0 fully saturated rings. The molecular formula is C27H19ClFN9O2. The summed E-state index contributed by atoms with van der Waals surface area (Å²) in [5, 5.41) is 11.6. The van der Waals surface area contributed by atoms with E-state index in [2.05, 4.69) is 30.5 Å². The number of aromatic nitrogens is 9. The number of nitrogens with zero attached hydrogens (tertiary/aromatic N) is 7. The second-order valence-electron chi connectivity index (χ2n) is 9.65. The van der Waals surface area contributed by atoms with Gasteiger partial charge in [-0.3, -0.25) is 14.2 Å². The Bertz CT molecular complexity index is 2050. The Balaban J connectivity index is 1.30. The number of hydrogen-bond acceptors (Lipinski definition) is 7. The molecule has 0 saturated heterocycles. The first kappa shape index (κ1) is 24.1. The van der Waals surface area contributed by atoms with Gasteiger partial charge in [-0.2, -0.15) is 4.68 Å². The summed E-state index contributed by atoms with van der Waals surface area (Å²) >= 11 is 6.10. The predicted octanol–water partition coefficient (Wildman–Crippen LogP) is 4.01. The maximum absolute atomic E-state index is 15.3. The molecule has 0 radical (unpaired) electrons. The second kappa shape index (κ2) is 9.06. The molecule has 13 heteroatoms. The van der Waals surface area contributed by atoms with E-state index in [1.165, 1.54) is 29.2 Å². The van der Waals surface area contributed by atoms with Crippen LogP contribution >= 0.6 is 11.6 Å². The Hall–Kier alpha value is -4.97. The average molecular weight is 556 g/mol. The molecule has 2 atom stereocenters. The summed E-state index contributed by atoms with van der Waals surface area (Å²) < 4.78 is 18.2. The van der Waals surface area contributed by atoms with E-state index in [0.29, 0.717) is 34.7 Å². The minimum Gasteiger partial charge on any atom is -0.361 e. The molecule has 7 rings (SSSR count). The number of fused-ring (bicyclic) bond motifs is 2. The van der Waals surface area contributed by atoms with Gasteiger partial charge in [0.1, 0.15) is 18.0 Å². The number of rotatable bonds is 4. The monoisotopic (exact) mass is 555 g/mol. The Morgan fingerprint density at radius 3 is 2.83 bits per heavy atom. The summed E-state index contributed by atoms with van der Waals surface area (Å²) in [6.07, 6.45) is 5.21. The molecule has 0 amide bonds. The van der Waals surface area contributed by atoms with Crippen molar-refractivity contribution >= 4 is 22.5 Å². The zero-order chi connectivity index (χ0) is 27.5. The van der Waals surface area contributed by atoms with Gasteiger partial charge in [0.25, 0.3) is 5.56 Å². The fourth-order valence-electron chi connectivity index (χ4n) is 5.32. The summed E-state index contributed by atoms with van der Waals surface area (Å²) in [4.78, 5) is 41.4. The van der Waals surface area contributed by atoms with Gasteiger partial charge in [0.05, 0.1) is 39.9 Å². The molecule has 0 spiro atoms. The normalized spacial score (nSPS) is 16.5. The van der Waals surface area contributed by atoms with E-state index >= 15 is 4.39 Å². The molecule has 2 N–H and O–H groups in total. The standard InChI is InChI=1S/C27H19ClFN9O2/c1-13-8-21(26-31-11-19(33-26)14-2-3-15-17(9-14)30-7-6-22(15)39)38-23(40)10-18(34-27(13)38)24-20(37-12-32-35-36-37)5-4-16(28)25(24)29/h2-7,9-13,21H,8H2,1H3,(H,30,39)(H,31,33)/t13-,21+/m1/s1. The lowest BCUT2D eigenvalue weighted by molar-refractivity contribution is 0.555. The highest BCUT2D eigenvalue weighted by Gasteiger charge is 2.34. The van der Waals surface area contributed by atoms with Crippen LogP contribution in [-0.4, -0.2) is 44.7 Å². The maximum atomic E-state index is 15.3. The van der Waals surface area contributed by atoms with E-state index in [-0.39, 0.29) is 33.2 Å². The summed E-state index contributed by atoms with van der Waals surface area (Å²) in [6, 6.07) is 10.9. The Morgan fingerprint density at radius 2 is 2.00 bits per heavy atom. The molecular weight excluding hydrogens is 537 g/mol. The largest absolute Gasteiger partial charge is 0.361 e. The molecule has 198 valence electrons. The van der Waals surface area contributed by atoms with Crippen LogP contribution in [0.25, 0.3) is 39.1 Å². The summed E-state index contributed by atoms with van der Waals surface area (Å²) in [5.74, 6) is 0.273. The van der Waals surface area contributed by atoms with E-state index in [1.807, 2.05) is 19.1 Å². The van der Waals surface area contributed by atoms with Crippen LogP contribution in [0, 0.1) is 5.82 Å². The van der Waals surface area contributed by atoms with E-state index < -0.39 is 11.9 Å². The van der Waals surface area contributed by atoms with Gasteiger partial charge in [0.2, 0.25) is 0 Å². The number of pyridine rings is 1. The van der Waals surface area contributed by atoms with Crippen LogP contribution in [0.3, 0.4) is 0 Å². The summed E-state index contributed by atoms with van der Waals surface area (Å²) in [6.45, 7) is 1.96. The van der Waals surface area contributed by atoms with Crippen LogP contribution in [0.15, 0.2) is 70.8 Å². The number of H-pyrrole nitrogens is 2. The summed E-state index contributed by atoms with van der Waals surface area (Å²) in [5.41, 5.74) is 2.36. The van der Waals surface area contributed by atoms with Crippen molar-refractivity contribution in [3.05, 3.63) is 104 Å². The van der Waals surface area contributed by atoms with Gasteiger partial charge >= 0.3 is 0 Å². The second-order valence-corrected chi connectivity index (χ2v) is 10.1. The van der Waals surface area contributed by atoms with Crippen LogP contribution < -0.4 is 11.0 Å². The molecule has 0 saturated carbocycles. The Labute approximate surface area is 229 Å². The molecule has 40 heavy (non-hydrogen) atoms. The zero-order valence-electron chi connectivity index (χ0n) is 20.8. The van der Waals surface area contributed by atoms with Gasteiger partial charge in [0.15, 0.2) is 11.2 Å². The van der Waals surface area contributed by atoms with Crippen molar-refractivity contribution in [2.75, 3.05) is 0 Å². The number of imidazole rings is 1. The molecule has 4 aromatic heterocycles. The van der Waals surface area contributed by atoms with Crippen molar-refractivity contribution in [2.45, 2.75) is 25.3 Å². The fourth-order valence-corrected chi connectivity index (χ4v) is 5.48. The molecule has 2 aromatic carbocycles. The van der Waals surface area contributed by atoms with Gasteiger partial charge < -0.3 is 9.97 Å². The lowest BCUT2D eigenvalue weighted by Crippen LogP contribution is -2.25. The highest BCUT2D eigenvalue weighted by molar-refractivity contribution is 6.31. The van der Waals surface area contributed by atoms with Crippen molar-refractivity contribution in [3.8, 4) is 28.2 Å². The van der Waals surface area contributed by atoms with Gasteiger partial charge in [-0.05, 0) is 41.1 Å². The van der Waals surface area contributed by atoms with Gasteiger partial charge in [-0.1, -0.05) is 24.6 Å². The van der Waals surface area contributed by atoms with Crippen LogP contribution in [0.5, 0.6) is 0 Å². The predicted molar refractivity (Wildman–Crippen MR) is 145 cm³/mol. The Kier molecular flexibility index (Phi) is 5.46. The number of aromatic amines is 2. The first-order valence-electron chi connectivity index (χ1n) is 12.4. The molecule has 5 heterocycles. The number of nitrogens with one attached hydrogen (secondary N) is 2. The van der Waals surface area contributed by atoms with Gasteiger partial charge in [0, 0.05) is 40.7 Å². The first-order valence-corrected chi connectivity index (χ1v) is 12.8. The minimum absolute atomic E-state index is 0.0329. The maximum Gasteiger partial charge on any atom is 0.254 e. The van der Waals surface area contributed by atoms with E-state index in [4.69, 9.17) is 16.6 Å². The molecule has 0 bridgehead atoms. The zero-order valence-corrected chi connectivity index (χ0v) is 21.6. The van der Waals surface area contributed by atoms with Crippen molar-refractivity contribution in [1.82, 2.24) is 44.7 Å². The van der Waals surface area contributed by atoms with Crippen molar-refractivity contribution in [1.29, 1.82) is 0 Å². The highest BCUT2D eigenvalue weighted by atomic mass is 35.5. The van der Waals surface area contributed by atoms with Crippen LogP contribution in [0.4, 0.5) is 4.39 Å². The topological polar surface area (TPSA) is 140 Å². The van der Waals surface area contributed by atoms with Crippen LogP contribution in [0.2, 0.25) is 5.02 Å². The number of tetrazole rings is 1. The number of halogens is 2. The number of benzene rings is 2. The smallest absolute Gasteiger partial charge is 0.254 e. The lowest BCUT2D eigenvalue weighted by atomic mass is 10.1. The van der Waals surface area contributed by atoms with Crippen LogP contribution in [-0.2, 0) is 0 Å². The highest BCUT2D eigenvalue weighted by Crippen LogP contribution is 2.39. The molecule has 11 nitrogen and oxygen atoms in total. The SMILES string of the molecule is C[C@@H]1C[C@@H](c2ncc(-c3ccc4c(=O)cc[nH]c4c3)[nH]2)n2c1nc(-c1c(-n3cnnn3)ccc(Cl)c1F)cc2=O. The van der Waals surface area contributed by atoms with E-state index in [9.17, 15) is 9.59 Å². The Morgan fingerprint density at radius 1 is 1.12 bits per heavy atom. The molecule has 1 aliphatic heterocycles. The van der Waals surface area contributed by atoms with E-state index in [0.717, 1.165) is 11.3 Å². The molecule has 6 aromatic rings. The van der Waals surface area contributed by atoms with Gasteiger partial charge in [-0.25, -0.2) is 14.4 Å². The van der Waals surface area contributed by atoms with Crippen molar-refractivity contribution < 1.29 is 4.39 Å². The third-order valence-corrected chi connectivity index (χ3v) is 7.51. The lowest BCUT2D eigenvalue weighted by Gasteiger charge is -2.15. The number of hydrogen-bond donors (Lipinski definition) is 2. The molecule has 0 unspecified atom stereocenters. The molecule has 0 aliphatic carbocycles. The third kappa shape index (κ3) is 3.75. The minimum atomic E-state index is -0.721. The quantitative estimate of drug-likeness (QED) is 0.335. The average Bonchev–Trinajstić information content (AvgIpc) is 3.71. The first-order chi connectivity index (χ1) is 19.4. The van der Waals surface area contributed by atoms with Crippen molar-refractivity contribution in [2.24, 2.45) is 0 Å². The fraction of sp³-hybridized carbons (Fsp3) is 0.148. The van der Waals surface area contributed by atoms with Crippen molar-refractivity contribution in [3.63, 3.8) is 0 Å². The van der Waals surface area contributed by atoms with Gasteiger partial charge in [-0.15, -0.1) is 5.10 Å². The third-order valence-electron chi connectivity index (χ3n) is 7.21. The van der Waals surface area contributed by atoms with Crippen LogP contribution in [0.1, 0.15) is 37.0 Å².